The van der Waals surface area contributed by atoms with Crippen LogP contribution in [0, 0.1) is 0 Å². The summed E-state index contributed by atoms with van der Waals surface area (Å²) in [5.41, 5.74) is 1.81. The van der Waals surface area contributed by atoms with Crippen molar-refractivity contribution in [1.82, 2.24) is 4.57 Å². The molecule has 1 aliphatic rings. The number of esters is 1. The molecule has 0 N–H and O–H groups in total. The van der Waals surface area contributed by atoms with Gasteiger partial charge in [0.1, 0.15) is 23.3 Å². The van der Waals surface area contributed by atoms with Gasteiger partial charge in [0.25, 0.3) is 5.56 Å². The summed E-state index contributed by atoms with van der Waals surface area (Å²) in [6.07, 6.45) is 1.66. The van der Waals surface area contributed by atoms with E-state index in [1.165, 1.54) is 15.9 Å². The minimum Gasteiger partial charge on any atom is -0.494 e. The summed E-state index contributed by atoms with van der Waals surface area (Å²) in [5, 5.41) is 0.979. The van der Waals surface area contributed by atoms with Gasteiger partial charge in [0.05, 0.1) is 34.0 Å². The van der Waals surface area contributed by atoms with Gasteiger partial charge in [-0.15, -0.1) is 0 Å². The van der Waals surface area contributed by atoms with Crippen LogP contribution < -0.4 is 19.6 Å². The van der Waals surface area contributed by atoms with Crippen LogP contribution in [-0.2, 0) is 9.53 Å². The highest BCUT2D eigenvalue weighted by Gasteiger charge is 2.35. The van der Waals surface area contributed by atoms with Crippen LogP contribution >= 0.6 is 34.5 Å². The lowest BCUT2D eigenvalue weighted by molar-refractivity contribution is -0.139. The molecule has 10 heteroatoms. The van der Waals surface area contributed by atoms with Crippen LogP contribution in [0.15, 0.2) is 80.1 Å². The molecule has 5 rings (SSSR count). The Labute approximate surface area is 238 Å². The van der Waals surface area contributed by atoms with E-state index in [-0.39, 0.29) is 12.2 Å². The van der Waals surface area contributed by atoms with E-state index in [1.54, 1.807) is 50.3 Å². The zero-order valence-corrected chi connectivity index (χ0v) is 23.7. The molecule has 0 aliphatic carbocycles. The van der Waals surface area contributed by atoms with Crippen LogP contribution in [0.1, 0.15) is 38.1 Å². The monoisotopic (exact) mass is 582 g/mol. The molecule has 39 heavy (non-hydrogen) atoms. The van der Waals surface area contributed by atoms with Crippen LogP contribution in [0.5, 0.6) is 5.75 Å². The molecule has 7 nitrogen and oxygen atoms in total. The number of halogens is 2. The minimum atomic E-state index is -0.773. The molecule has 0 fully saturated rings. The smallest absolute Gasteiger partial charge is 0.338 e. The van der Waals surface area contributed by atoms with E-state index in [0.29, 0.717) is 65.7 Å². The molecular weight excluding hydrogens is 559 g/mol. The number of fused-ring (bicyclic) bond motifs is 1. The van der Waals surface area contributed by atoms with Crippen molar-refractivity contribution in [2.24, 2.45) is 4.99 Å². The molecule has 0 saturated carbocycles. The van der Waals surface area contributed by atoms with Crippen LogP contribution in [0.2, 0.25) is 10.0 Å². The van der Waals surface area contributed by atoms with Crippen molar-refractivity contribution in [2.75, 3.05) is 13.2 Å². The lowest BCUT2D eigenvalue weighted by Gasteiger charge is -2.26. The van der Waals surface area contributed by atoms with Crippen molar-refractivity contribution in [3.05, 3.63) is 107 Å². The standard InChI is InChI=1S/C29H24Cl2N2O5S/c1-4-36-22-9-7-6-8-20(22)26-25(28(35)37-5-2)16(3)32-29-33(26)27(34)24(39-29)15-18-11-13-23(38-18)19-12-10-17(30)14-21(19)31/h6-15,26H,4-5H2,1-3H3/b24-15-/t26-/m1/s1. The zero-order chi connectivity index (χ0) is 27.7. The zero-order valence-electron chi connectivity index (χ0n) is 21.4. The molecule has 0 saturated heterocycles. The Morgan fingerprint density at radius 3 is 2.67 bits per heavy atom. The molecule has 0 amide bonds. The quantitative estimate of drug-likeness (QED) is 0.258. The van der Waals surface area contributed by atoms with E-state index < -0.39 is 12.0 Å². The number of ether oxygens (including phenoxy) is 2. The number of nitrogens with zero attached hydrogens (tertiary/aromatic N) is 2. The van der Waals surface area contributed by atoms with Crippen LogP contribution in [0.25, 0.3) is 17.4 Å². The minimum absolute atomic E-state index is 0.193. The van der Waals surface area contributed by atoms with Crippen molar-refractivity contribution in [3.8, 4) is 17.1 Å². The first-order valence-electron chi connectivity index (χ1n) is 12.3. The summed E-state index contributed by atoms with van der Waals surface area (Å²) in [5.74, 6) is 1.06. The van der Waals surface area contributed by atoms with Gasteiger partial charge in [-0.2, -0.15) is 0 Å². The first-order chi connectivity index (χ1) is 18.8. The highest BCUT2D eigenvalue weighted by atomic mass is 35.5. The van der Waals surface area contributed by atoms with Gasteiger partial charge in [-0.1, -0.05) is 52.7 Å². The number of rotatable bonds is 7. The van der Waals surface area contributed by atoms with E-state index in [1.807, 2.05) is 31.2 Å². The average Bonchev–Trinajstić information content (AvgIpc) is 3.48. The van der Waals surface area contributed by atoms with Crippen molar-refractivity contribution >= 4 is 46.6 Å². The third kappa shape index (κ3) is 5.20. The van der Waals surface area contributed by atoms with Gasteiger partial charge < -0.3 is 13.9 Å². The van der Waals surface area contributed by atoms with Gasteiger partial charge in [-0.3, -0.25) is 9.36 Å². The molecule has 0 radical (unpaired) electrons. The molecule has 2 aromatic heterocycles. The molecular formula is C29H24Cl2N2O5S. The highest BCUT2D eigenvalue weighted by Crippen LogP contribution is 2.36. The van der Waals surface area contributed by atoms with Gasteiger partial charge in [0.2, 0.25) is 0 Å². The fourth-order valence-corrected chi connectivity index (χ4v) is 6.00. The molecule has 4 aromatic rings. The van der Waals surface area contributed by atoms with E-state index in [0.717, 1.165) is 0 Å². The molecule has 0 spiro atoms. The van der Waals surface area contributed by atoms with E-state index >= 15 is 0 Å². The third-order valence-electron chi connectivity index (χ3n) is 6.13. The summed E-state index contributed by atoms with van der Waals surface area (Å²) >= 11 is 13.6. The van der Waals surface area contributed by atoms with Gasteiger partial charge in [0, 0.05) is 22.2 Å². The predicted octanol–water partition coefficient (Wildman–Crippen LogP) is 5.76. The maximum atomic E-state index is 13.9. The van der Waals surface area contributed by atoms with Crippen molar-refractivity contribution in [1.29, 1.82) is 0 Å². The number of hydrogen-bond donors (Lipinski definition) is 0. The Bertz CT molecular complexity index is 1780. The molecule has 3 heterocycles. The fraction of sp³-hybridized carbons (Fsp3) is 0.207. The van der Waals surface area contributed by atoms with Crippen LogP contribution in [-0.4, -0.2) is 23.8 Å². The molecule has 2 aromatic carbocycles. The number of benzene rings is 2. The van der Waals surface area contributed by atoms with Gasteiger partial charge >= 0.3 is 5.97 Å². The molecule has 1 aliphatic heterocycles. The molecule has 0 bridgehead atoms. The fourth-order valence-electron chi connectivity index (χ4n) is 4.47. The van der Waals surface area contributed by atoms with Crippen LogP contribution in [0.3, 0.4) is 0 Å². The number of carbonyl (C=O) groups is 1. The lowest BCUT2D eigenvalue weighted by Crippen LogP contribution is -2.40. The normalized spacial score (nSPS) is 15.2. The van der Waals surface area contributed by atoms with E-state index in [9.17, 15) is 9.59 Å². The van der Waals surface area contributed by atoms with Crippen molar-refractivity contribution in [3.63, 3.8) is 0 Å². The Balaban J connectivity index is 1.66. The maximum absolute atomic E-state index is 13.9. The van der Waals surface area contributed by atoms with E-state index in [4.69, 9.17) is 37.1 Å². The Morgan fingerprint density at radius 1 is 1.13 bits per heavy atom. The summed E-state index contributed by atoms with van der Waals surface area (Å²) < 4.78 is 19.2. The Hall–Kier alpha value is -3.59. The second-order valence-electron chi connectivity index (χ2n) is 8.60. The maximum Gasteiger partial charge on any atom is 0.338 e. The first kappa shape index (κ1) is 27.0. The van der Waals surface area contributed by atoms with Gasteiger partial charge in [0.15, 0.2) is 4.80 Å². The topological polar surface area (TPSA) is 83.0 Å². The van der Waals surface area contributed by atoms with Crippen LogP contribution in [0.4, 0.5) is 0 Å². The van der Waals surface area contributed by atoms with Gasteiger partial charge in [-0.05, 0) is 57.2 Å². The largest absolute Gasteiger partial charge is 0.494 e. The summed E-state index contributed by atoms with van der Waals surface area (Å²) in [6.45, 7) is 5.98. The SMILES string of the molecule is CCOC(=O)C1=C(C)N=c2s/c(=C\c3ccc(-c4ccc(Cl)cc4Cl)o3)c(=O)n2[C@@H]1c1ccccc1OCC. The highest BCUT2D eigenvalue weighted by molar-refractivity contribution is 7.07. The van der Waals surface area contributed by atoms with Crippen molar-refractivity contribution < 1.29 is 18.7 Å². The number of para-hydroxylation sites is 1. The molecule has 200 valence electrons. The summed E-state index contributed by atoms with van der Waals surface area (Å²) in [6, 6.07) is 15.3. The molecule has 1 atom stereocenters. The third-order valence-corrected chi connectivity index (χ3v) is 7.66. The summed E-state index contributed by atoms with van der Waals surface area (Å²) in [4.78, 5) is 32.1. The van der Waals surface area contributed by atoms with Crippen molar-refractivity contribution in [2.45, 2.75) is 26.8 Å². The Morgan fingerprint density at radius 2 is 1.92 bits per heavy atom. The second-order valence-corrected chi connectivity index (χ2v) is 10.5. The number of allylic oxidation sites excluding steroid dienone is 1. The number of carbonyl (C=O) groups excluding carboxylic acids is 1. The van der Waals surface area contributed by atoms with Gasteiger partial charge in [-0.25, -0.2) is 9.79 Å². The summed E-state index contributed by atoms with van der Waals surface area (Å²) in [7, 11) is 0. The number of hydrogen-bond acceptors (Lipinski definition) is 7. The first-order valence-corrected chi connectivity index (χ1v) is 13.9. The predicted molar refractivity (Wildman–Crippen MR) is 152 cm³/mol. The number of furan rings is 1. The Kier molecular flexibility index (Phi) is 7.79. The average molecular weight is 583 g/mol. The number of aromatic nitrogens is 1. The van der Waals surface area contributed by atoms with E-state index in [2.05, 4.69) is 4.99 Å². The lowest BCUT2D eigenvalue weighted by atomic mass is 9.95. The number of thiazole rings is 1. The second kappa shape index (κ2) is 11.3. The molecule has 0 unspecified atom stereocenters.